The summed E-state index contributed by atoms with van der Waals surface area (Å²) >= 11 is 0. The summed E-state index contributed by atoms with van der Waals surface area (Å²) < 4.78 is 5.02. The van der Waals surface area contributed by atoms with Gasteiger partial charge in [0.1, 0.15) is 5.54 Å². The van der Waals surface area contributed by atoms with Gasteiger partial charge in [-0.05, 0) is 19.4 Å². The number of ether oxygens (including phenoxy) is 1. The smallest absolute Gasteiger partial charge is 0.250 e. The van der Waals surface area contributed by atoms with Crippen molar-refractivity contribution in [3.63, 3.8) is 0 Å². The van der Waals surface area contributed by atoms with Crippen molar-refractivity contribution < 1.29 is 24.2 Å². The number of likely N-dealkylation sites (tertiary alicyclic amines) is 1. The number of para-hydroxylation sites is 1. The Hall–Kier alpha value is -2.29. The van der Waals surface area contributed by atoms with Crippen molar-refractivity contribution in [3.05, 3.63) is 29.8 Å². The highest BCUT2D eigenvalue weighted by Crippen LogP contribution is 2.53. The van der Waals surface area contributed by atoms with Gasteiger partial charge >= 0.3 is 0 Å². The van der Waals surface area contributed by atoms with Crippen LogP contribution in [-0.2, 0) is 24.7 Å². The molecule has 0 radical (unpaired) electrons. The van der Waals surface area contributed by atoms with Gasteiger partial charge in [0.15, 0.2) is 0 Å². The van der Waals surface area contributed by atoms with Crippen LogP contribution < -0.4 is 10.6 Å². The van der Waals surface area contributed by atoms with Gasteiger partial charge in [-0.15, -0.1) is 0 Å². The third-order valence-corrected chi connectivity index (χ3v) is 5.90. The fraction of sp³-hybridized carbons (Fsp3) is 0.526. The van der Waals surface area contributed by atoms with Crippen molar-refractivity contribution in [3.8, 4) is 0 Å². The minimum Gasteiger partial charge on any atom is -0.392 e. The zero-order valence-corrected chi connectivity index (χ0v) is 15.3. The van der Waals surface area contributed by atoms with E-state index in [-0.39, 0.29) is 24.3 Å². The molecule has 0 bridgehead atoms. The summed E-state index contributed by atoms with van der Waals surface area (Å²) in [4.78, 5) is 40.5. The molecule has 3 aliphatic rings. The Kier molecular flexibility index (Phi) is 4.29. The Labute approximate surface area is 156 Å². The van der Waals surface area contributed by atoms with E-state index in [0.29, 0.717) is 24.3 Å². The zero-order chi connectivity index (χ0) is 19.3. The van der Waals surface area contributed by atoms with E-state index in [9.17, 15) is 19.5 Å². The van der Waals surface area contributed by atoms with Crippen molar-refractivity contribution >= 4 is 23.4 Å². The summed E-state index contributed by atoms with van der Waals surface area (Å²) in [6.45, 7) is 2.24. The van der Waals surface area contributed by atoms with Gasteiger partial charge in [-0.1, -0.05) is 18.2 Å². The Morgan fingerprint density at radius 3 is 2.70 bits per heavy atom. The standard InChI is InChI=1S/C19H23N3O5/c1-10(23)15-13-14(17(25)22(16(13)24)8-5-9-27-2)19(21-15)11-6-3-4-7-12(11)20-18(19)26/h3-4,6-7,10,13-15,21,23H,5,8-9H2,1-2H3,(H,20,26)/t10?,13-,14-,15?,19?/m1/s1. The second-order valence-corrected chi connectivity index (χ2v) is 7.40. The van der Waals surface area contributed by atoms with Crippen molar-refractivity contribution in [1.29, 1.82) is 0 Å². The van der Waals surface area contributed by atoms with Crippen LogP contribution in [0.4, 0.5) is 5.69 Å². The number of anilines is 1. The van der Waals surface area contributed by atoms with Crippen molar-refractivity contribution in [2.24, 2.45) is 11.8 Å². The summed E-state index contributed by atoms with van der Waals surface area (Å²) in [5.41, 5.74) is -0.0720. The molecule has 3 amide bonds. The van der Waals surface area contributed by atoms with Gasteiger partial charge in [0.05, 0.1) is 17.9 Å². The van der Waals surface area contributed by atoms with Crippen LogP contribution in [0.15, 0.2) is 24.3 Å². The molecule has 4 rings (SSSR count). The molecule has 3 aliphatic heterocycles. The largest absolute Gasteiger partial charge is 0.392 e. The molecule has 0 aliphatic carbocycles. The highest BCUT2D eigenvalue weighted by Gasteiger charge is 2.70. The highest BCUT2D eigenvalue weighted by atomic mass is 16.5. The van der Waals surface area contributed by atoms with E-state index >= 15 is 0 Å². The molecule has 144 valence electrons. The number of nitrogens with zero attached hydrogens (tertiary/aromatic N) is 1. The summed E-state index contributed by atoms with van der Waals surface area (Å²) in [7, 11) is 1.56. The van der Waals surface area contributed by atoms with Gasteiger partial charge in [0.2, 0.25) is 17.7 Å². The molecule has 1 aromatic rings. The normalized spacial score (nSPS) is 32.8. The van der Waals surface area contributed by atoms with Crippen LogP contribution in [0.5, 0.6) is 0 Å². The predicted octanol–water partition coefficient (Wildman–Crippen LogP) is -0.176. The summed E-state index contributed by atoms with van der Waals surface area (Å²) in [5, 5.41) is 16.3. The molecule has 1 aromatic carbocycles. The second kappa shape index (κ2) is 6.40. The summed E-state index contributed by atoms with van der Waals surface area (Å²) in [6, 6.07) is 6.47. The molecule has 1 spiro atoms. The molecular formula is C19H23N3O5. The zero-order valence-electron chi connectivity index (χ0n) is 15.3. The van der Waals surface area contributed by atoms with E-state index in [0.717, 1.165) is 0 Å². The Balaban J connectivity index is 1.79. The molecule has 3 N–H and O–H groups in total. The van der Waals surface area contributed by atoms with E-state index in [1.807, 2.05) is 0 Å². The first-order chi connectivity index (χ1) is 12.9. The minimum absolute atomic E-state index is 0.240. The number of imide groups is 1. The van der Waals surface area contributed by atoms with Crippen LogP contribution >= 0.6 is 0 Å². The Bertz CT molecular complexity index is 810. The first-order valence-electron chi connectivity index (χ1n) is 9.14. The quantitative estimate of drug-likeness (QED) is 0.488. The molecule has 8 nitrogen and oxygen atoms in total. The minimum atomic E-state index is -1.34. The van der Waals surface area contributed by atoms with E-state index in [1.54, 1.807) is 38.3 Å². The fourth-order valence-corrected chi connectivity index (χ4v) is 4.75. The molecule has 0 aromatic heterocycles. The van der Waals surface area contributed by atoms with Crippen LogP contribution in [0.1, 0.15) is 18.9 Å². The number of methoxy groups -OCH3 is 1. The van der Waals surface area contributed by atoms with Gasteiger partial charge in [0, 0.05) is 37.6 Å². The van der Waals surface area contributed by atoms with Crippen LogP contribution in [0, 0.1) is 11.8 Å². The molecule has 0 saturated carbocycles. The lowest BCUT2D eigenvalue weighted by atomic mass is 9.76. The van der Waals surface area contributed by atoms with Gasteiger partial charge in [-0.3, -0.25) is 24.6 Å². The maximum Gasteiger partial charge on any atom is 0.250 e. The lowest BCUT2D eigenvalue weighted by molar-refractivity contribution is -0.143. The van der Waals surface area contributed by atoms with Crippen LogP contribution in [-0.4, -0.2) is 60.1 Å². The summed E-state index contributed by atoms with van der Waals surface area (Å²) in [5.74, 6) is -2.73. The number of hydrogen-bond acceptors (Lipinski definition) is 6. The maximum absolute atomic E-state index is 13.2. The van der Waals surface area contributed by atoms with E-state index < -0.39 is 29.5 Å². The number of carbonyl (C=O) groups excluding carboxylic acids is 3. The number of aliphatic hydroxyl groups is 1. The van der Waals surface area contributed by atoms with E-state index in [2.05, 4.69) is 10.6 Å². The molecular weight excluding hydrogens is 350 g/mol. The van der Waals surface area contributed by atoms with Crippen molar-refractivity contribution in [2.75, 3.05) is 25.6 Å². The molecule has 3 unspecified atom stereocenters. The maximum atomic E-state index is 13.2. The summed E-state index contributed by atoms with van der Waals surface area (Å²) in [6.07, 6.45) is -0.371. The average molecular weight is 373 g/mol. The lowest BCUT2D eigenvalue weighted by Gasteiger charge is -2.30. The topological polar surface area (TPSA) is 108 Å². The average Bonchev–Trinajstić information content (AvgIpc) is 3.22. The van der Waals surface area contributed by atoms with Crippen LogP contribution in [0.2, 0.25) is 0 Å². The van der Waals surface area contributed by atoms with Crippen LogP contribution in [0.25, 0.3) is 0 Å². The van der Waals surface area contributed by atoms with E-state index in [1.165, 1.54) is 4.90 Å². The fourth-order valence-electron chi connectivity index (χ4n) is 4.75. The molecule has 27 heavy (non-hydrogen) atoms. The monoisotopic (exact) mass is 373 g/mol. The number of fused-ring (bicyclic) bond motifs is 4. The number of carbonyl (C=O) groups is 3. The molecule has 2 saturated heterocycles. The van der Waals surface area contributed by atoms with Gasteiger partial charge in [-0.2, -0.15) is 0 Å². The second-order valence-electron chi connectivity index (χ2n) is 7.40. The first kappa shape index (κ1) is 18.1. The number of benzene rings is 1. The number of aliphatic hydroxyl groups excluding tert-OH is 1. The van der Waals surface area contributed by atoms with Crippen LogP contribution in [0.3, 0.4) is 0 Å². The van der Waals surface area contributed by atoms with Gasteiger partial charge < -0.3 is 15.2 Å². The molecule has 2 fully saturated rings. The third-order valence-electron chi connectivity index (χ3n) is 5.90. The molecule has 5 atom stereocenters. The predicted molar refractivity (Wildman–Crippen MR) is 95.5 cm³/mol. The number of hydrogen-bond donors (Lipinski definition) is 3. The first-order valence-corrected chi connectivity index (χ1v) is 9.14. The number of amides is 3. The lowest BCUT2D eigenvalue weighted by Crippen LogP contribution is -2.54. The molecule has 3 heterocycles. The van der Waals surface area contributed by atoms with Crippen molar-refractivity contribution in [2.45, 2.75) is 31.0 Å². The van der Waals surface area contributed by atoms with Crippen molar-refractivity contribution in [1.82, 2.24) is 10.2 Å². The van der Waals surface area contributed by atoms with Gasteiger partial charge in [0.25, 0.3) is 0 Å². The Morgan fingerprint density at radius 2 is 2.00 bits per heavy atom. The number of rotatable bonds is 5. The Morgan fingerprint density at radius 1 is 1.26 bits per heavy atom. The number of nitrogens with one attached hydrogen (secondary N) is 2. The SMILES string of the molecule is COCCCN1C(=O)[C@H]2C(C(C)O)NC3(C(=O)Nc4ccccc43)[C@H]2C1=O. The van der Waals surface area contributed by atoms with E-state index in [4.69, 9.17) is 4.74 Å². The highest BCUT2D eigenvalue weighted by molar-refractivity contribution is 6.15. The van der Waals surface area contributed by atoms with Gasteiger partial charge in [-0.25, -0.2) is 0 Å². The molecule has 8 heteroatoms. The third kappa shape index (κ3) is 2.37.